The first-order valence-corrected chi connectivity index (χ1v) is 40.0. The lowest BCUT2D eigenvalue weighted by molar-refractivity contribution is -0.135. The lowest BCUT2D eigenvalue weighted by atomic mass is 9.79. The molecule has 1 saturated heterocycles. The van der Waals surface area contributed by atoms with E-state index in [9.17, 15) is 49.1 Å². The van der Waals surface area contributed by atoms with Gasteiger partial charge in [-0.25, -0.2) is 53.9 Å². The number of alkyl halides is 6. The first kappa shape index (κ1) is 95.4. The highest BCUT2D eigenvalue weighted by atomic mass is 32.2. The normalized spacial score (nSPS) is 19.7. The summed E-state index contributed by atoms with van der Waals surface area (Å²) in [4.78, 5) is 42.8. The third-order valence-electron chi connectivity index (χ3n) is 21.3. The summed E-state index contributed by atoms with van der Waals surface area (Å²) in [5.41, 5.74) is -3.06. The molecule has 0 radical (unpaired) electrons. The summed E-state index contributed by atoms with van der Waals surface area (Å²) >= 11 is 0. The van der Waals surface area contributed by atoms with Gasteiger partial charge in [0.25, 0.3) is 0 Å². The second-order valence-corrected chi connectivity index (χ2v) is 34.6. The lowest BCUT2D eigenvalue weighted by Gasteiger charge is -2.44. The minimum atomic E-state index is -5.94. The Morgan fingerprint density at radius 3 is 1.16 bits per heavy atom. The van der Waals surface area contributed by atoms with Crippen LogP contribution in [0, 0.1) is 34.9 Å². The van der Waals surface area contributed by atoms with E-state index in [0.29, 0.717) is 18.4 Å². The number of esters is 2. The maximum atomic E-state index is 15.5. The molecule has 654 valence electrons. The topological polar surface area (TPSA) is 231 Å². The zero-order chi connectivity index (χ0) is 89.0. The van der Waals surface area contributed by atoms with Gasteiger partial charge in [-0.2, -0.15) is 31.8 Å². The Morgan fingerprint density at radius 2 is 0.869 bits per heavy atom. The number of aliphatic carboxylic acids is 1. The van der Waals surface area contributed by atoms with Crippen molar-refractivity contribution in [2.24, 2.45) is 4.99 Å². The van der Waals surface area contributed by atoms with E-state index >= 15 is 26.3 Å². The van der Waals surface area contributed by atoms with Gasteiger partial charge in [0.2, 0.25) is 0 Å². The predicted molar refractivity (Wildman–Crippen MR) is 443 cm³/mol. The number of carboxylic acids is 1. The van der Waals surface area contributed by atoms with Crippen LogP contribution in [-0.2, 0) is 62.5 Å². The van der Waals surface area contributed by atoms with E-state index in [0.717, 1.165) is 125 Å². The summed E-state index contributed by atoms with van der Waals surface area (Å²) in [5, 5.41) is 22.4. The molecule has 6 atom stereocenters. The minimum Gasteiger partial charge on any atom is -0.478 e. The third kappa shape index (κ3) is 23.1. The Labute approximate surface area is 702 Å². The van der Waals surface area contributed by atoms with Gasteiger partial charge in [-0.1, -0.05) is 56.0 Å². The average Bonchev–Trinajstić information content (AvgIpc) is 0.839. The van der Waals surface area contributed by atoms with Crippen molar-refractivity contribution in [2.45, 2.75) is 187 Å². The van der Waals surface area contributed by atoms with Gasteiger partial charge in [0.05, 0.1) is 62.5 Å². The highest BCUT2D eigenvalue weighted by molar-refractivity contribution is 7.88. The molecule has 7 heterocycles. The number of halogens is 12. The number of hydrogen-bond acceptors (Lipinski definition) is 16. The van der Waals surface area contributed by atoms with E-state index < -0.39 is 121 Å². The van der Waals surface area contributed by atoms with Crippen LogP contribution in [0.5, 0.6) is 5.75 Å². The quantitative estimate of drug-likeness (QED) is 0.0161. The Kier molecular flexibility index (Phi) is 29.8. The number of aromatic amines is 2. The first-order chi connectivity index (χ1) is 56.5. The van der Waals surface area contributed by atoms with E-state index in [1.165, 1.54) is 77.8 Å². The highest BCUT2D eigenvalue weighted by Gasteiger charge is 2.53. The van der Waals surface area contributed by atoms with E-state index in [1.54, 1.807) is 36.6 Å². The number of allylic oxidation sites excluding steroid dienone is 1. The SMILES string of the molecule is C.CC1(C)OB(C2=CCN=C2)OC1(C)C.CC1Cc2cc(-c3cn[nH]c3)ccc2C(c2c(F)cc(/C=C/C(=O)O)cc2F)N1CC(C)(C)F.COC(=O)/C=C/c1cc(F)c(C2c3ccc(-c4cn[nH]c4)cc3CC(C)N2CC(C)(C)F)c(F)c1.COC(=O)/C=C/c1cc(F)c(C2c3ccc(OS(=O)(=O)C(F)(F)F)cc3CC(C)N2CC(C)(C)F)c(F)c1. The van der Waals surface area contributed by atoms with Crippen LogP contribution in [0.25, 0.3) is 40.5 Å². The molecule has 8 aromatic rings. The molecule has 0 bridgehead atoms. The van der Waals surface area contributed by atoms with Crippen molar-refractivity contribution >= 4 is 59.6 Å². The minimum absolute atomic E-state index is 0. The number of aromatic nitrogens is 4. The number of nitrogens with one attached hydrogen (secondary N) is 2. The molecule has 13 rings (SSSR count). The van der Waals surface area contributed by atoms with E-state index in [-0.39, 0.29) is 103 Å². The molecule has 19 nitrogen and oxygen atoms in total. The molecule has 5 aliphatic rings. The van der Waals surface area contributed by atoms with Crippen LogP contribution in [0.4, 0.5) is 52.7 Å². The van der Waals surface area contributed by atoms with Crippen LogP contribution in [-0.4, -0.2) is 172 Å². The summed E-state index contributed by atoms with van der Waals surface area (Å²) in [5.74, 6) is -8.39. The monoisotopic (exact) mass is 1730 g/mol. The zero-order valence-corrected chi connectivity index (χ0v) is 70.1. The van der Waals surface area contributed by atoms with Crippen molar-refractivity contribution in [3.05, 3.63) is 247 Å². The number of H-pyrrole nitrogens is 2. The van der Waals surface area contributed by atoms with Crippen molar-refractivity contribution in [1.29, 1.82) is 0 Å². The molecule has 0 saturated carbocycles. The maximum absolute atomic E-state index is 15.5. The number of benzene rings is 6. The van der Waals surface area contributed by atoms with Gasteiger partial charge in [-0.15, -0.1) is 0 Å². The van der Waals surface area contributed by atoms with Gasteiger partial charge in [-0.05, 0) is 243 Å². The predicted octanol–water partition coefficient (Wildman–Crippen LogP) is 18.9. The number of methoxy groups -OCH3 is 2. The summed E-state index contributed by atoms with van der Waals surface area (Å²) in [6, 6.07) is 17.4. The summed E-state index contributed by atoms with van der Waals surface area (Å²) in [6.07, 6.45) is 18.6. The van der Waals surface area contributed by atoms with Gasteiger partial charge in [0.1, 0.15) is 57.7 Å². The van der Waals surface area contributed by atoms with Gasteiger partial charge < -0.3 is 28.1 Å². The van der Waals surface area contributed by atoms with Crippen LogP contribution in [0.2, 0.25) is 0 Å². The molecule has 2 aromatic heterocycles. The van der Waals surface area contributed by atoms with E-state index in [4.69, 9.17) is 14.4 Å². The van der Waals surface area contributed by atoms with Crippen molar-refractivity contribution < 1.29 is 104 Å². The molecule has 6 aromatic carbocycles. The highest BCUT2D eigenvalue weighted by Crippen LogP contribution is 2.48. The molecule has 3 N–H and O–H groups in total. The fourth-order valence-electron chi connectivity index (χ4n) is 15.2. The van der Waals surface area contributed by atoms with Crippen LogP contribution in [0.3, 0.4) is 0 Å². The molecular weight excluding hydrogens is 1630 g/mol. The Bertz CT molecular complexity index is 5310. The number of carbonyl (C=O) groups excluding carboxylic acids is 2. The largest absolute Gasteiger partial charge is 0.534 e. The number of nitrogens with zero attached hydrogens (tertiary/aromatic N) is 6. The number of fused-ring (bicyclic) bond motifs is 3. The molecular formula is C89H99BF12N8O11S. The fraction of sp³-hybridized carbons (Fsp3) is 0.393. The molecule has 0 spiro atoms. The number of aliphatic imine (C=N–C) groups is 1. The summed E-state index contributed by atoms with van der Waals surface area (Å²) in [7, 11) is -3.83. The molecule has 1 fully saturated rings. The molecule has 5 aliphatic heterocycles. The first-order valence-electron chi connectivity index (χ1n) is 38.6. The van der Waals surface area contributed by atoms with E-state index in [2.05, 4.69) is 66.7 Å². The van der Waals surface area contributed by atoms with Crippen molar-refractivity contribution in [1.82, 2.24) is 35.1 Å². The fourth-order valence-corrected chi connectivity index (χ4v) is 15.6. The smallest absolute Gasteiger partial charge is 0.478 e. The summed E-state index contributed by atoms with van der Waals surface area (Å²) < 4.78 is 223. The lowest BCUT2D eigenvalue weighted by Crippen LogP contribution is -2.48. The Balaban J connectivity index is 0.000000191. The van der Waals surface area contributed by atoms with Gasteiger partial charge in [0, 0.05) is 102 Å². The van der Waals surface area contributed by atoms with Crippen molar-refractivity contribution in [3.8, 4) is 28.0 Å². The standard InChI is InChI=1S/C27H28F3N3O2.C26H26F3N3O2.C25H25F6NO5S.C10H16BNO2.CH4/c1-16-9-19-12-18(20-13-31-32-14-20)6-7-21(19)26(33(16)15-27(2,3)30)25-22(28)10-17(11-23(25)29)5-8-24(34)35-4;1-15-8-18-11-17(19-12-30-31-13-19)5-6-20(18)25(32(15)14-26(2,3)29)24-21(27)9-16(10-22(24)28)4-7-23(33)34;1-14-9-16-12-17(37-38(34,35)25(29,30)31)6-7-18(16)23(32(14)13-24(2,3)28)22-19(26)10-15(11-20(22)27)5-8-21(33)36-4;1-9(2)10(3,4)14-11(13-9)8-5-6-12-7-8;/h5-8,10-14,16,26H,9,15H2,1-4H3,(H,31,32);4-7,9-13,15,25H,8,14H2,1-3H3,(H,30,31)(H,33,34);5-8,10-12,14,23H,9,13H2,1-4H3;5,7H,6H2,1-4H3;1H4/b8-5+;7-4+;8-5+;;. The van der Waals surface area contributed by atoms with Gasteiger partial charge in [0.15, 0.2) is 0 Å². The van der Waals surface area contributed by atoms with Gasteiger partial charge in [-0.3, -0.25) is 29.9 Å². The van der Waals surface area contributed by atoms with Gasteiger partial charge >= 0.3 is 40.7 Å². The Hall–Kier alpha value is -10.4. The molecule has 33 heteroatoms. The third-order valence-corrected chi connectivity index (χ3v) is 22.3. The number of hydrogen-bond donors (Lipinski definition) is 3. The molecule has 6 unspecified atom stereocenters. The Morgan fingerprint density at radius 1 is 0.533 bits per heavy atom. The van der Waals surface area contributed by atoms with Crippen LogP contribution >= 0.6 is 0 Å². The van der Waals surface area contributed by atoms with Crippen LogP contribution in [0.15, 0.2) is 151 Å². The second-order valence-electron chi connectivity index (χ2n) is 33.1. The van der Waals surface area contributed by atoms with Crippen molar-refractivity contribution in [2.75, 3.05) is 40.4 Å². The van der Waals surface area contributed by atoms with E-state index in [1.807, 2.05) is 67.4 Å². The zero-order valence-electron chi connectivity index (χ0n) is 69.2. The summed E-state index contributed by atoms with van der Waals surface area (Å²) in [6.45, 7) is 22.6. The number of carboxylic acid groups (broad SMARTS) is 1. The number of carbonyl (C=O) groups is 3. The molecule has 122 heavy (non-hydrogen) atoms. The van der Waals surface area contributed by atoms with Crippen LogP contribution in [0.1, 0.15) is 182 Å². The number of ether oxygens (including phenoxy) is 2. The van der Waals surface area contributed by atoms with Crippen LogP contribution < -0.4 is 4.18 Å². The van der Waals surface area contributed by atoms with Crippen molar-refractivity contribution in [3.63, 3.8) is 0 Å². The number of rotatable bonds is 20. The second kappa shape index (κ2) is 38.1. The average molecular weight is 1730 g/mol. The molecule has 0 aliphatic carbocycles. The molecule has 0 amide bonds. The maximum Gasteiger partial charge on any atom is 0.534 e.